The quantitative estimate of drug-likeness (QED) is 0.857. The highest BCUT2D eigenvalue weighted by Gasteiger charge is 2.25. The van der Waals surface area contributed by atoms with Gasteiger partial charge in [-0.3, -0.25) is 4.79 Å². The van der Waals surface area contributed by atoms with E-state index in [1.807, 2.05) is 18.7 Å². The van der Waals surface area contributed by atoms with Gasteiger partial charge in [-0.05, 0) is 31.5 Å². The maximum absolute atomic E-state index is 11.6. The van der Waals surface area contributed by atoms with Crippen LogP contribution in [0.5, 0.6) is 0 Å². The summed E-state index contributed by atoms with van der Waals surface area (Å²) in [5, 5.41) is 11.8. The van der Waals surface area contributed by atoms with Crippen molar-refractivity contribution in [1.29, 1.82) is 0 Å². The second kappa shape index (κ2) is 4.68. The van der Waals surface area contributed by atoms with Crippen LogP contribution in [-0.2, 0) is 4.79 Å². The van der Waals surface area contributed by atoms with Gasteiger partial charge in [0.25, 0.3) is 0 Å². The Morgan fingerprint density at radius 3 is 2.89 bits per heavy atom. The summed E-state index contributed by atoms with van der Waals surface area (Å²) in [7, 11) is 0. The van der Waals surface area contributed by atoms with E-state index in [4.69, 9.17) is 5.11 Å². The molecule has 1 unspecified atom stereocenters. The second-order valence-corrected chi connectivity index (χ2v) is 4.47. The highest BCUT2D eigenvalue weighted by molar-refractivity contribution is 6.02. The summed E-state index contributed by atoms with van der Waals surface area (Å²) < 4.78 is 0. The molecule has 2 N–H and O–H groups in total. The second-order valence-electron chi connectivity index (χ2n) is 4.47. The third-order valence-electron chi connectivity index (χ3n) is 3.27. The maximum atomic E-state index is 11.6. The van der Waals surface area contributed by atoms with Crippen molar-refractivity contribution in [2.24, 2.45) is 0 Å². The first kappa shape index (κ1) is 12.4. The lowest BCUT2D eigenvalue weighted by Crippen LogP contribution is -2.43. The molecule has 1 aliphatic heterocycles. The van der Waals surface area contributed by atoms with E-state index in [-0.39, 0.29) is 24.1 Å². The fraction of sp³-hybridized carbons (Fsp3) is 0.385. The molecule has 5 heteroatoms. The molecule has 0 saturated carbocycles. The Morgan fingerprint density at radius 1 is 1.56 bits per heavy atom. The Bertz CT molecular complexity index is 499. The smallest absolute Gasteiger partial charge is 0.335 e. The summed E-state index contributed by atoms with van der Waals surface area (Å²) in [4.78, 5) is 24.5. The zero-order valence-electron chi connectivity index (χ0n) is 10.4. The predicted octanol–water partition coefficient (Wildman–Crippen LogP) is 1.94. The van der Waals surface area contributed by atoms with Gasteiger partial charge in [-0.25, -0.2) is 4.79 Å². The number of fused-ring (bicyclic) bond motifs is 1. The number of benzene rings is 1. The number of amides is 1. The standard InChI is InChI=1S/C13H16N2O3/c1-3-8(2)15-7-12(16)14-10-5-4-9(13(17)18)6-11(10)15/h4-6,8H,3,7H2,1-2H3,(H,14,16)(H,17,18). The number of hydrogen-bond acceptors (Lipinski definition) is 3. The maximum Gasteiger partial charge on any atom is 0.335 e. The van der Waals surface area contributed by atoms with Crippen LogP contribution in [0.15, 0.2) is 18.2 Å². The number of hydrogen-bond donors (Lipinski definition) is 2. The van der Waals surface area contributed by atoms with Crippen LogP contribution in [0, 0.1) is 0 Å². The van der Waals surface area contributed by atoms with Crippen LogP contribution in [0.1, 0.15) is 30.6 Å². The van der Waals surface area contributed by atoms with Crippen molar-refractivity contribution in [2.75, 3.05) is 16.8 Å². The lowest BCUT2D eigenvalue weighted by atomic mass is 10.1. The van der Waals surface area contributed by atoms with Crippen LogP contribution in [0.2, 0.25) is 0 Å². The number of aromatic carboxylic acids is 1. The molecule has 0 saturated heterocycles. The Balaban J connectivity index is 2.47. The fourth-order valence-electron chi connectivity index (χ4n) is 2.05. The van der Waals surface area contributed by atoms with Gasteiger partial charge in [0.1, 0.15) is 0 Å². The van der Waals surface area contributed by atoms with Gasteiger partial charge < -0.3 is 15.3 Å². The van der Waals surface area contributed by atoms with Gasteiger partial charge in [0, 0.05) is 6.04 Å². The van der Waals surface area contributed by atoms with Crippen LogP contribution in [0.3, 0.4) is 0 Å². The number of carboxylic acids is 1. The Hall–Kier alpha value is -2.04. The lowest BCUT2D eigenvalue weighted by molar-refractivity contribution is -0.115. The molecule has 0 spiro atoms. The van der Waals surface area contributed by atoms with Gasteiger partial charge in [0.15, 0.2) is 0 Å². The Morgan fingerprint density at radius 2 is 2.28 bits per heavy atom. The number of rotatable bonds is 3. The highest BCUT2D eigenvalue weighted by Crippen LogP contribution is 2.32. The van der Waals surface area contributed by atoms with Crippen molar-refractivity contribution in [3.63, 3.8) is 0 Å². The van der Waals surface area contributed by atoms with Crippen LogP contribution in [0.4, 0.5) is 11.4 Å². The number of carboxylic acid groups (broad SMARTS) is 1. The summed E-state index contributed by atoms with van der Waals surface area (Å²) >= 11 is 0. The molecule has 1 aromatic carbocycles. The number of nitrogens with zero attached hydrogens (tertiary/aromatic N) is 1. The number of anilines is 2. The molecule has 0 radical (unpaired) electrons. The van der Waals surface area contributed by atoms with Crippen LogP contribution < -0.4 is 10.2 Å². The van der Waals surface area contributed by atoms with E-state index >= 15 is 0 Å². The molecule has 1 amide bonds. The first-order valence-corrected chi connectivity index (χ1v) is 5.96. The van der Waals surface area contributed by atoms with Crippen molar-refractivity contribution >= 4 is 23.3 Å². The molecule has 1 aromatic rings. The lowest BCUT2D eigenvalue weighted by Gasteiger charge is -2.35. The molecule has 18 heavy (non-hydrogen) atoms. The van der Waals surface area contributed by atoms with Crippen molar-refractivity contribution in [3.05, 3.63) is 23.8 Å². The summed E-state index contributed by atoms with van der Waals surface area (Å²) in [5.41, 5.74) is 1.69. The van der Waals surface area contributed by atoms with Gasteiger partial charge in [0.05, 0.1) is 23.5 Å². The normalized spacial score (nSPS) is 15.9. The molecule has 1 heterocycles. The number of nitrogens with one attached hydrogen (secondary N) is 1. The summed E-state index contributed by atoms with van der Waals surface area (Å²) in [5.74, 6) is -1.02. The van der Waals surface area contributed by atoms with E-state index in [2.05, 4.69) is 5.32 Å². The SMILES string of the molecule is CCC(C)N1CC(=O)Nc2ccc(C(=O)O)cc21. The first-order valence-electron chi connectivity index (χ1n) is 5.96. The molecule has 0 bridgehead atoms. The largest absolute Gasteiger partial charge is 0.478 e. The predicted molar refractivity (Wildman–Crippen MR) is 69.1 cm³/mol. The van der Waals surface area contributed by atoms with Crippen LogP contribution >= 0.6 is 0 Å². The minimum Gasteiger partial charge on any atom is -0.478 e. The molecular weight excluding hydrogens is 232 g/mol. The molecule has 1 aliphatic rings. The van der Waals surface area contributed by atoms with E-state index in [1.54, 1.807) is 12.1 Å². The van der Waals surface area contributed by atoms with Crippen molar-refractivity contribution in [3.8, 4) is 0 Å². The van der Waals surface area contributed by atoms with E-state index in [0.29, 0.717) is 5.69 Å². The Kier molecular flexibility index (Phi) is 3.23. The zero-order chi connectivity index (χ0) is 13.3. The van der Waals surface area contributed by atoms with Gasteiger partial charge in [-0.1, -0.05) is 6.92 Å². The highest BCUT2D eigenvalue weighted by atomic mass is 16.4. The molecule has 1 atom stereocenters. The number of carbonyl (C=O) groups excluding carboxylic acids is 1. The fourth-order valence-corrected chi connectivity index (χ4v) is 2.05. The minimum atomic E-state index is -0.959. The van der Waals surface area contributed by atoms with Crippen molar-refractivity contribution < 1.29 is 14.7 Å². The molecule has 2 rings (SSSR count). The molecule has 96 valence electrons. The van der Waals surface area contributed by atoms with Gasteiger partial charge in [-0.15, -0.1) is 0 Å². The summed E-state index contributed by atoms with van der Waals surface area (Å²) in [6.45, 7) is 4.33. The zero-order valence-corrected chi connectivity index (χ0v) is 10.4. The van der Waals surface area contributed by atoms with Crippen LogP contribution in [0.25, 0.3) is 0 Å². The van der Waals surface area contributed by atoms with Crippen molar-refractivity contribution in [2.45, 2.75) is 26.3 Å². The third kappa shape index (κ3) is 2.16. The molecule has 0 aromatic heterocycles. The molecular formula is C13H16N2O3. The van der Waals surface area contributed by atoms with Gasteiger partial charge in [-0.2, -0.15) is 0 Å². The monoisotopic (exact) mass is 248 g/mol. The minimum absolute atomic E-state index is 0.0640. The average Bonchev–Trinajstić information content (AvgIpc) is 2.36. The van der Waals surface area contributed by atoms with Crippen molar-refractivity contribution in [1.82, 2.24) is 0 Å². The van der Waals surface area contributed by atoms with E-state index in [1.165, 1.54) is 6.07 Å². The van der Waals surface area contributed by atoms with E-state index < -0.39 is 5.97 Å². The van der Waals surface area contributed by atoms with Gasteiger partial charge >= 0.3 is 5.97 Å². The average molecular weight is 248 g/mol. The Labute approximate surface area is 105 Å². The van der Waals surface area contributed by atoms with Gasteiger partial charge in [0.2, 0.25) is 5.91 Å². The van der Waals surface area contributed by atoms with Crippen LogP contribution in [-0.4, -0.2) is 29.6 Å². The summed E-state index contributed by atoms with van der Waals surface area (Å²) in [6, 6.07) is 4.95. The topological polar surface area (TPSA) is 69.6 Å². The third-order valence-corrected chi connectivity index (χ3v) is 3.27. The number of carbonyl (C=O) groups is 2. The molecule has 0 aliphatic carbocycles. The molecule has 0 fully saturated rings. The van der Waals surface area contributed by atoms with E-state index in [9.17, 15) is 9.59 Å². The van der Waals surface area contributed by atoms with E-state index in [0.717, 1.165) is 12.1 Å². The molecule has 5 nitrogen and oxygen atoms in total. The summed E-state index contributed by atoms with van der Waals surface area (Å²) in [6.07, 6.45) is 0.893. The first-order chi connectivity index (χ1) is 8.52.